The largest absolute Gasteiger partial charge is 0.370 e. The van der Waals surface area contributed by atoms with E-state index in [1.54, 1.807) is 0 Å². The molecule has 2 fully saturated rings. The number of piperidine rings is 1. The summed E-state index contributed by atoms with van der Waals surface area (Å²) in [5.41, 5.74) is 7.69. The Labute approximate surface area is 200 Å². The SMILES string of the molecule is CCc1cccc(-c2[nH]ncc2-c2ccc3ncc(N4CCC(N5CCCC5)CC4)cc3n2)n1. The minimum atomic E-state index is 0.747. The van der Waals surface area contributed by atoms with Crippen molar-refractivity contribution in [2.75, 3.05) is 31.1 Å². The number of anilines is 1. The van der Waals surface area contributed by atoms with Crippen molar-refractivity contribution >= 4 is 16.7 Å². The number of aromatic nitrogens is 5. The predicted octanol–water partition coefficient (Wildman–Crippen LogP) is 4.71. The summed E-state index contributed by atoms with van der Waals surface area (Å²) in [5, 5.41) is 7.44. The highest BCUT2D eigenvalue weighted by Gasteiger charge is 2.26. The number of pyridine rings is 3. The molecular formula is C27H31N7. The van der Waals surface area contributed by atoms with E-state index in [1.807, 2.05) is 36.7 Å². The molecule has 0 atom stereocenters. The fourth-order valence-electron chi connectivity index (χ4n) is 5.41. The van der Waals surface area contributed by atoms with Crippen LogP contribution in [0.4, 0.5) is 5.69 Å². The molecule has 4 aromatic heterocycles. The van der Waals surface area contributed by atoms with Crippen molar-refractivity contribution in [1.29, 1.82) is 0 Å². The number of fused-ring (bicyclic) bond motifs is 1. The lowest BCUT2D eigenvalue weighted by molar-refractivity contribution is 0.208. The molecule has 0 aliphatic carbocycles. The van der Waals surface area contributed by atoms with Crippen molar-refractivity contribution < 1.29 is 0 Å². The highest BCUT2D eigenvalue weighted by molar-refractivity contribution is 5.84. The van der Waals surface area contributed by atoms with Crippen LogP contribution in [0.5, 0.6) is 0 Å². The normalized spacial score (nSPS) is 17.6. The third kappa shape index (κ3) is 4.05. The summed E-state index contributed by atoms with van der Waals surface area (Å²) in [6, 6.07) is 13.1. The van der Waals surface area contributed by atoms with Gasteiger partial charge in [0, 0.05) is 30.4 Å². The number of likely N-dealkylation sites (tertiary alicyclic amines) is 1. The predicted molar refractivity (Wildman–Crippen MR) is 136 cm³/mol. The molecule has 4 aromatic rings. The van der Waals surface area contributed by atoms with Gasteiger partial charge in [-0.15, -0.1) is 0 Å². The van der Waals surface area contributed by atoms with Gasteiger partial charge in [-0.2, -0.15) is 5.10 Å². The molecule has 0 aromatic carbocycles. The van der Waals surface area contributed by atoms with Crippen molar-refractivity contribution in [3.05, 3.63) is 54.5 Å². The Kier molecular flexibility index (Phi) is 5.71. The Morgan fingerprint density at radius 1 is 0.912 bits per heavy atom. The van der Waals surface area contributed by atoms with Crippen LogP contribution in [0.2, 0.25) is 0 Å². The van der Waals surface area contributed by atoms with Gasteiger partial charge in [-0.05, 0) is 75.5 Å². The maximum absolute atomic E-state index is 4.99. The van der Waals surface area contributed by atoms with E-state index >= 15 is 0 Å². The van der Waals surface area contributed by atoms with E-state index in [0.29, 0.717) is 0 Å². The molecule has 174 valence electrons. The molecule has 6 heterocycles. The summed E-state index contributed by atoms with van der Waals surface area (Å²) in [6.45, 7) is 6.84. The van der Waals surface area contributed by atoms with E-state index in [4.69, 9.17) is 15.0 Å². The Morgan fingerprint density at radius 2 is 1.76 bits per heavy atom. The first kappa shape index (κ1) is 21.2. The first-order chi connectivity index (χ1) is 16.8. The number of hydrogen-bond donors (Lipinski definition) is 1. The van der Waals surface area contributed by atoms with Crippen LogP contribution in [0.1, 0.15) is 38.3 Å². The molecule has 7 nitrogen and oxygen atoms in total. The minimum absolute atomic E-state index is 0.747. The Morgan fingerprint density at radius 3 is 2.59 bits per heavy atom. The molecule has 2 aliphatic rings. The van der Waals surface area contributed by atoms with Crippen LogP contribution >= 0.6 is 0 Å². The lowest BCUT2D eigenvalue weighted by Gasteiger charge is -2.37. The molecule has 0 bridgehead atoms. The molecule has 0 radical (unpaired) electrons. The fraction of sp³-hybridized carbons (Fsp3) is 0.407. The van der Waals surface area contributed by atoms with Crippen LogP contribution in [-0.2, 0) is 6.42 Å². The van der Waals surface area contributed by atoms with Crippen LogP contribution in [0.3, 0.4) is 0 Å². The molecule has 0 spiro atoms. The first-order valence-corrected chi connectivity index (χ1v) is 12.5. The summed E-state index contributed by atoms with van der Waals surface area (Å²) in [5.74, 6) is 0. The van der Waals surface area contributed by atoms with Crippen LogP contribution < -0.4 is 4.90 Å². The number of aromatic amines is 1. The van der Waals surface area contributed by atoms with Crippen molar-refractivity contribution in [3.8, 4) is 22.6 Å². The van der Waals surface area contributed by atoms with Crippen molar-refractivity contribution in [3.63, 3.8) is 0 Å². The van der Waals surface area contributed by atoms with Crippen LogP contribution in [0, 0.1) is 0 Å². The number of H-pyrrole nitrogens is 1. The molecule has 2 saturated heterocycles. The maximum Gasteiger partial charge on any atom is 0.0928 e. The second-order valence-corrected chi connectivity index (χ2v) is 9.42. The Hall–Kier alpha value is -3.32. The standard InChI is InChI=1S/C27H31N7/c1-2-19-6-5-7-25(30-19)27-22(18-29-32-27)23-8-9-24-26(31-23)16-21(17-28-24)34-14-10-20(11-15-34)33-12-3-4-13-33/h5-9,16-18,20H,2-4,10-15H2,1H3,(H,29,32). The molecule has 0 unspecified atom stereocenters. The zero-order valence-electron chi connectivity index (χ0n) is 19.7. The third-order valence-electron chi connectivity index (χ3n) is 7.35. The fourth-order valence-corrected chi connectivity index (χ4v) is 5.41. The van der Waals surface area contributed by atoms with Gasteiger partial charge in [-0.3, -0.25) is 15.1 Å². The van der Waals surface area contributed by atoms with Gasteiger partial charge < -0.3 is 9.80 Å². The monoisotopic (exact) mass is 453 g/mol. The zero-order valence-corrected chi connectivity index (χ0v) is 19.7. The quantitative estimate of drug-likeness (QED) is 0.472. The topological polar surface area (TPSA) is 73.8 Å². The number of hydrogen-bond acceptors (Lipinski definition) is 6. The van der Waals surface area contributed by atoms with Crippen molar-refractivity contribution in [2.45, 2.75) is 45.1 Å². The smallest absolute Gasteiger partial charge is 0.0928 e. The highest BCUT2D eigenvalue weighted by Crippen LogP contribution is 2.31. The molecule has 2 aliphatic heterocycles. The lowest BCUT2D eigenvalue weighted by Crippen LogP contribution is -2.43. The minimum Gasteiger partial charge on any atom is -0.370 e. The summed E-state index contributed by atoms with van der Waals surface area (Å²) < 4.78 is 0. The van der Waals surface area contributed by atoms with Gasteiger partial charge in [-0.1, -0.05) is 13.0 Å². The average Bonchev–Trinajstić information content (AvgIpc) is 3.61. The van der Waals surface area contributed by atoms with E-state index in [9.17, 15) is 0 Å². The lowest BCUT2D eigenvalue weighted by atomic mass is 10.0. The summed E-state index contributed by atoms with van der Waals surface area (Å²) in [7, 11) is 0. The summed E-state index contributed by atoms with van der Waals surface area (Å²) >= 11 is 0. The summed E-state index contributed by atoms with van der Waals surface area (Å²) in [6.07, 6.45) is 9.92. The van der Waals surface area contributed by atoms with E-state index < -0.39 is 0 Å². The van der Waals surface area contributed by atoms with Crippen LogP contribution in [-0.4, -0.2) is 62.3 Å². The number of aryl methyl sites for hydroxylation is 1. The van der Waals surface area contributed by atoms with E-state index in [0.717, 1.165) is 64.9 Å². The van der Waals surface area contributed by atoms with E-state index in [1.165, 1.54) is 44.5 Å². The molecule has 0 amide bonds. The maximum atomic E-state index is 4.99. The van der Waals surface area contributed by atoms with Crippen LogP contribution in [0.15, 0.2) is 48.8 Å². The first-order valence-electron chi connectivity index (χ1n) is 12.5. The second-order valence-electron chi connectivity index (χ2n) is 9.42. The molecule has 0 saturated carbocycles. The second kappa shape index (κ2) is 9.14. The van der Waals surface area contributed by atoms with Crippen molar-refractivity contribution in [2.24, 2.45) is 0 Å². The zero-order chi connectivity index (χ0) is 22.9. The van der Waals surface area contributed by atoms with Gasteiger partial charge in [0.2, 0.25) is 0 Å². The molecule has 6 rings (SSSR count). The molecule has 34 heavy (non-hydrogen) atoms. The van der Waals surface area contributed by atoms with Gasteiger partial charge in [0.1, 0.15) is 0 Å². The van der Waals surface area contributed by atoms with E-state index in [2.05, 4.69) is 39.1 Å². The Bertz CT molecular complexity index is 1280. The van der Waals surface area contributed by atoms with E-state index in [-0.39, 0.29) is 0 Å². The van der Waals surface area contributed by atoms with Gasteiger partial charge in [0.05, 0.1) is 46.2 Å². The number of nitrogens with zero attached hydrogens (tertiary/aromatic N) is 6. The highest BCUT2D eigenvalue weighted by atomic mass is 15.2. The summed E-state index contributed by atoms with van der Waals surface area (Å²) in [4.78, 5) is 19.7. The van der Waals surface area contributed by atoms with Gasteiger partial charge >= 0.3 is 0 Å². The van der Waals surface area contributed by atoms with Crippen LogP contribution in [0.25, 0.3) is 33.7 Å². The number of rotatable bonds is 5. The third-order valence-corrected chi connectivity index (χ3v) is 7.35. The van der Waals surface area contributed by atoms with Gasteiger partial charge in [-0.25, -0.2) is 4.98 Å². The van der Waals surface area contributed by atoms with Gasteiger partial charge in [0.25, 0.3) is 0 Å². The Balaban J connectivity index is 1.26. The molecular weight excluding hydrogens is 422 g/mol. The average molecular weight is 454 g/mol. The molecule has 1 N–H and O–H groups in total. The number of nitrogens with one attached hydrogen (secondary N) is 1. The van der Waals surface area contributed by atoms with Gasteiger partial charge in [0.15, 0.2) is 0 Å². The molecule has 7 heteroatoms. The van der Waals surface area contributed by atoms with Crippen molar-refractivity contribution in [1.82, 2.24) is 30.0 Å².